The van der Waals surface area contributed by atoms with Crippen molar-refractivity contribution in [1.82, 2.24) is 0 Å². The van der Waals surface area contributed by atoms with Crippen molar-refractivity contribution >= 4 is 0 Å². The zero-order valence-electron chi connectivity index (χ0n) is 11.8. The van der Waals surface area contributed by atoms with Gasteiger partial charge in [0.15, 0.2) is 0 Å². The van der Waals surface area contributed by atoms with Crippen LogP contribution in [0.2, 0.25) is 0 Å². The molecule has 0 radical (unpaired) electrons. The van der Waals surface area contributed by atoms with Gasteiger partial charge >= 0.3 is 0 Å². The second-order valence-electron chi connectivity index (χ2n) is 5.23. The highest BCUT2D eigenvalue weighted by Crippen LogP contribution is 2.38. The number of rotatable bonds is 6. The van der Waals surface area contributed by atoms with Gasteiger partial charge in [0.2, 0.25) is 0 Å². The molecule has 0 saturated carbocycles. The molecule has 0 amide bonds. The van der Waals surface area contributed by atoms with Crippen LogP contribution < -0.4 is 10.5 Å². The lowest BCUT2D eigenvalue weighted by atomic mass is 9.74. The van der Waals surface area contributed by atoms with Gasteiger partial charge in [-0.05, 0) is 42.5 Å². The fourth-order valence-corrected chi connectivity index (χ4v) is 2.30. The third kappa shape index (κ3) is 3.03. The summed E-state index contributed by atoms with van der Waals surface area (Å²) in [5.74, 6) is 1.28. The highest BCUT2D eigenvalue weighted by atomic mass is 16.5. The summed E-state index contributed by atoms with van der Waals surface area (Å²) in [5.41, 5.74) is 5.66. The SMILES string of the molecule is COc1cccc(C(O)(CCN)C(C)C(C)C)c1. The molecule has 0 fully saturated rings. The molecule has 2 atom stereocenters. The Balaban J connectivity index is 3.17. The van der Waals surface area contributed by atoms with Crippen LogP contribution in [-0.4, -0.2) is 18.8 Å². The maximum Gasteiger partial charge on any atom is 0.119 e. The standard InChI is InChI=1S/C15H25NO2/c1-11(2)12(3)15(17,8-9-16)13-6-5-7-14(10-13)18-4/h5-7,10-12,17H,8-9,16H2,1-4H3. The number of aliphatic hydroxyl groups is 1. The minimum atomic E-state index is -0.891. The molecule has 0 aliphatic rings. The molecule has 102 valence electrons. The van der Waals surface area contributed by atoms with Crippen molar-refractivity contribution in [1.29, 1.82) is 0 Å². The lowest BCUT2D eigenvalue weighted by Crippen LogP contribution is -2.38. The van der Waals surface area contributed by atoms with Gasteiger partial charge in [0.25, 0.3) is 0 Å². The van der Waals surface area contributed by atoms with Gasteiger partial charge in [0.05, 0.1) is 12.7 Å². The summed E-state index contributed by atoms with van der Waals surface area (Å²) in [6.07, 6.45) is 0.555. The van der Waals surface area contributed by atoms with Crippen molar-refractivity contribution in [3.8, 4) is 5.75 Å². The quantitative estimate of drug-likeness (QED) is 0.817. The van der Waals surface area contributed by atoms with Gasteiger partial charge in [-0.2, -0.15) is 0 Å². The van der Waals surface area contributed by atoms with Gasteiger partial charge in [-0.3, -0.25) is 0 Å². The van der Waals surface area contributed by atoms with Crippen LogP contribution in [0.5, 0.6) is 5.75 Å². The lowest BCUT2D eigenvalue weighted by molar-refractivity contribution is -0.0406. The van der Waals surface area contributed by atoms with E-state index < -0.39 is 5.60 Å². The third-order valence-corrected chi connectivity index (χ3v) is 3.85. The molecule has 3 N–H and O–H groups in total. The molecule has 1 rings (SSSR count). The molecular weight excluding hydrogens is 226 g/mol. The van der Waals surface area contributed by atoms with E-state index in [9.17, 15) is 5.11 Å². The fourth-order valence-electron chi connectivity index (χ4n) is 2.30. The molecule has 18 heavy (non-hydrogen) atoms. The second-order valence-corrected chi connectivity index (χ2v) is 5.23. The molecule has 0 heterocycles. The first kappa shape index (κ1) is 15.0. The van der Waals surface area contributed by atoms with E-state index in [1.54, 1.807) is 7.11 Å². The molecule has 2 unspecified atom stereocenters. The average Bonchev–Trinajstić information content (AvgIpc) is 2.38. The Morgan fingerprint density at radius 2 is 2.00 bits per heavy atom. The Morgan fingerprint density at radius 1 is 1.33 bits per heavy atom. The Kier molecular flexibility index (Phi) is 5.17. The molecule has 0 saturated heterocycles. The van der Waals surface area contributed by atoms with Crippen LogP contribution in [0.1, 0.15) is 32.8 Å². The van der Waals surface area contributed by atoms with Gasteiger partial charge in [-0.1, -0.05) is 32.9 Å². The van der Waals surface area contributed by atoms with Crippen LogP contribution in [0.4, 0.5) is 0 Å². The smallest absolute Gasteiger partial charge is 0.119 e. The summed E-state index contributed by atoms with van der Waals surface area (Å²) in [7, 11) is 1.63. The predicted molar refractivity (Wildman–Crippen MR) is 74.6 cm³/mol. The van der Waals surface area contributed by atoms with E-state index in [1.807, 2.05) is 24.3 Å². The largest absolute Gasteiger partial charge is 0.497 e. The van der Waals surface area contributed by atoms with E-state index in [4.69, 9.17) is 10.5 Å². The van der Waals surface area contributed by atoms with Crippen molar-refractivity contribution in [2.45, 2.75) is 32.8 Å². The Morgan fingerprint density at radius 3 is 2.50 bits per heavy atom. The van der Waals surface area contributed by atoms with Crippen molar-refractivity contribution in [3.63, 3.8) is 0 Å². The van der Waals surface area contributed by atoms with Gasteiger partial charge in [0, 0.05) is 0 Å². The number of hydrogen-bond donors (Lipinski definition) is 2. The zero-order valence-corrected chi connectivity index (χ0v) is 11.8. The fraction of sp³-hybridized carbons (Fsp3) is 0.600. The summed E-state index contributed by atoms with van der Waals surface area (Å²) in [6, 6.07) is 7.63. The third-order valence-electron chi connectivity index (χ3n) is 3.85. The summed E-state index contributed by atoms with van der Waals surface area (Å²) in [5, 5.41) is 11.0. The summed E-state index contributed by atoms with van der Waals surface area (Å²) >= 11 is 0. The molecule has 0 aliphatic carbocycles. The summed E-state index contributed by atoms with van der Waals surface area (Å²) < 4.78 is 5.23. The number of ether oxygens (including phenoxy) is 1. The molecule has 0 aliphatic heterocycles. The predicted octanol–water partition coefficient (Wildman–Crippen LogP) is 2.52. The molecule has 1 aromatic rings. The monoisotopic (exact) mass is 251 g/mol. The van der Waals surface area contributed by atoms with E-state index >= 15 is 0 Å². The van der Waals surface area contributed by atoms with Crippen molar-refractivity contribution < 1.29 is 9.84 Å². The molecule has 0 bridgehead atoms. The van der Waals surface area contributed by atoms with Gasteiger partial charge in [-0.15, -0.1) is 0 Å². The van der Waals surface area contributed by atoms with Crippen molar-refractivity contribution in [2.24, 2.45) is 17.6 Å². The minimum Gasteiger partial charge on any atom is -0.497 e. The van der Waals surface area contributed by atoms with Crippen molar-refractivity contribution in [3.05, 3.63) is 29.8 Å². The summed E-state index contributed by atoms with van der Waals surface area (Å²) in [6.45, 7) is 6.77. The van der Waals surface area contributed by atoms with Gasteiger partial charge < -0.3 is 15.6 Å². The molecule has 0 aromatic heterocycles. The normalized spacial score (nSPS) is 16.4. The minimum absolute atomic E-state index is 0.133. The molecule has 1 aromatic carbocycles. The number of hydrogen-bond acceptors (Lipinski definition) is 3. The number of benzene rings is 1. The topological polar surface area (TPSA) is 55.5 Å². The van der Waals surface area contributed by atoms with Crippen LogP contribution in [-0.2, 0) is 5.60 Å². The molecule has 3 nitrogen and oxygen atoms in total. The van der Waals surface area contributed by atoms with E-state index in [2.05, 4.69) is 20.8 Å². The Hall–Kier alpha value is -1.06. The van der Waals surface area contributed by atoms with Gasteiger partial charge in [-0.25, -0.2) is 0 Å². The first-order valence-corrected chi connectivity index (χ1v) is 6.52. The first-order chi connectivity index (χ1) is 8.45. The average molecular weight is 251 g/mol. The van der Waals surface area contributed by atoms with Crippen molar-refractivity contribution in [2.75, 3.05) is 13.7 Å². The maximum atomic E-state index is 11.0. The van der Waals surface area contributed by atoms with E-state index in [-0.39, 0.29) is 5.92 Å². The Bertz CT molecular complexity index is 379. The van der Waals surface area contributed by atoms with E-state index in [0.717, 1.165) is 11.3 Å². The zero-order chi connectivity index (χ0) is 13.8. The highest BCUT2D eigenvalue weighted by Gasteiger charge is 2.36. The molecular formula is C15H25NO2. The number of nitrogens with two attached hydrogens (primary N) is 1. The molecule has 0 spiro atoms. The second kappa shape index (κ2) is 6.21. The lowest BCUT2D eigenvalue weighted by Gasteiger charge is -2.37. The van der Waals surface area contributed by atoms with Crippen LogP contribution in [0.25, 0.3) is 0 Å². The first-order valence-electron chi connectivity index (χ1n) is 6.52. The van der Waals surface area contributed by atoms with E-state index in [0.29, 0.717) is 18.9 Å². The maximum absolute atomic E-state index is 11.0. The van der Waals surface area contributed by atoms with Gasteiger partial charge in [0.1, 0.15) is 5.75 Å². The Labute approximate surface area is 110 Å². The summed E-state index contributed by atoms with van der Waals surface area (Å²) in [4.78, 5) is 0. The van der Waals surface area contributed by atoms with Crippen LogP contribution in [0.3, 0.4) is 0 Å². The number of methoxy groups -OCH3 is 1. The highest BCUT2D eigenvalue weighted by molar-refractivity contribution is 5.33. The van der Waals surface area contributed by atoms with Crippen LogP contribution in [0, 0.1) is 11.8 Å². The molecule has 3 heteroatoms. The van der Waals surface area contributed by atoms with Crippen LogP contribution >= 0.6 is 0 Å². The van der Waals surface area contributed by atoms with E-state index in [1.165, 1.54) is 0 Å². The van der Waals surface area contributed by atoms with Crippen LogP contribution in [0.15, 0.2) is 24.3 Å².